The van der Waals surface area contributed by atoms with Gasteiger partial charge in [-0.05, 0) is 0 Å². The molecule has 2 aliphatic rings. The molecule has 1 aliphatic carbocycles. The van der Waals surface area contributed by atoms with Gasteiger partial charge in [0.05, 0.1) is 0 Å². The van der Waals surface area contributed by atoms with E-state index in [0.717, 1.165) is 46.6 Å². The first-order valence-electron chi connectivity index (χ1n) is 13.1. The second kappa shape index (κ2) is 11.6. The third-order valence-corrected chi connectivity index (χ3v) is 9.15. The van der Waals surface area contributed by atoms with E-state index in [2.05, 4.69) is 61.1 Å². The smallest absolute Gasteiger partial charge is 1.00 e. The van der Waals surface area contributed by atoms with Gasteiger partial charge in [0.2, 0.25) is 0 Å². The first-order valence-corrected chi connectivity index (χ1v) is 14.2. The van der Waals surface area contributed by atoms with Crippen LogP contribution in [-0.4, -0.2) is 56.1 Å². The molecule has 2 aromatic carbocycles. The van der Waals surface area contributed by atoms with Crippen molar-refractivity contribution in [2.24, 2.45) is 0 Å². The minimum atomic E-state index is -0.209. The van der Waals surface area contributed by atoms with E-state index in [1.165, 1.54) is 12.8 Å². The Morgan fingerprint density at radius 3 is 1.42 bits per heavy atom. The van der Waals surface area contributed by atoms with E-state index in [9.17, 15) is 10.2 Å². The van der Waals surface area contributed by atoms with Crippen LogP contribution in [0.1, 0.15) is 89.5 Å². The number of aromatic hydroxyl groups is 2. The first-order chi connectivity index (χ1) is 17.3. The van der Waals surface area contributed by atoms with E-state index < -0.39 is 0 Å². The van der Waals surface area contributed by atoms with E-state index in [0.29, 0.717) is 23.6 Å². The minimum absolute atomic E-state index is 0. The van der Waals surface area contributed by atoms with Crippen molar-refractivity contribution in [1.29, 1.82) is 0 Å². The zero-order valence-corrected chi connectivity index (χ0v) is 26.7. The standard InChI is InChI=1S/C30H42N2O4.BrH.Cr/c1-29(2,3)23-15-21(35-7)13-19(27(23)33)17-31-25-11-9-10-12-26(25)32-18-20-14-22(36-8)16-24(28(20)34)30(4,5)6;;/h13-18,25-26,33-34H,9-12H2,1-8H3;1H;/q;;+2/p-1/t25-,26-;;/m1../s1. The molecule has 0 unspecified atom stereocenters. The molecule has 1 saturated heterocycles. The van der Waals surface area contributed by atoms with E-state index in [-0.39, 0.29) is 43.5 Å². The SMILES string of the molecule is COc1cc(C=[N+]2[Cr][N+](=Cc3cc(OC)cc(C(C)(C)C)c3O)[C@@H]3CCCC[C@H]32)c(O)c(C(C)(C)C)c1.[Br-]. The third kappa shape index (κ3) is 6.24. The third-order valence-electron chi connectivity index (χ3n) is 7.38. The molecule has 8 heteroatoms. The minimum Gasteiger partial charge on any atom is -1.00 e. The van der Waals surface area contributed by atoms with Gasteiger partial charge in [0.15, 0.2) is 0 Å². The number of phenolic OH excluding ortho intramolecular Hbond substituents is 2. The summed E-state index contributed by atoms with van der Waals surface area (Å²) in [7, 11) is 3.34. The van der Waals surface area contributed by atoms with Crippen molar-refractivity contribution in [3.05, 3.63) is 46.5 Å². The molecule has 38 heavy (non-hydrogen) atoms. The van der Waals surface area contributed by atoms with Crippen molar-refractivity contribution >= 4 is 12.4 Å². The topological polar surface area (TPSA) is 64.9 Å². The number of hydrogen-bond acceptors (Lipinski definition) is 4. The summed E-state index contributed by atoms with van der Waals surface area (Å²) in [5.41, 5.74) is 2.92. The summed E-state index contributed by atoms with van der Waals surface area (Å²) in [5.74, 6) is 2.14. The Morgan fingerprint density at radius 1 is 0.737 bits per heavy atom. The molecule has 6 nitrogen and oxygen atoms in total. The van der Waals surface area contributed by atoms with Gasteiger partial charge in [-0.2, -0.15) is 0 Å². The quantitative estimate of drug-likeness (QED) is 0.548. The molecule has 2 atom stereocenters. The zero-order chi connectivity index (χ0) is 27.1. The first kappa shape index (κ1) is 30.5. The van der Waals surface area contributed by atoms with Gasteiger partial charge in [-0.3, -0.25) is 0 Å². The molecular formula is C30H42BrCrN2O4+. The monoisotopic (exact) mass is 625 g/mol. The summed E-state index contributed by atoms with van der Waals surface area (Å²) in [5, 5.41) is 22.5. The predicted octanol–water partition coefficient (Wildman–Crippen LogP) is 2.51. The fourth-order valence-electron chi connectivity index (χ4n) is 5.26. The summed E-state index contributed by atoms with van der Waals surface area (Å²) in [6, 6.07) is 8.45. The molecule has 4 rings (SSSR count). The summed E-state index contributed by atoms with van der Waals surface area (Å²) in [6.07, 6.45) is 8.87. The number of rotatable bonds is 4. The number of hydrogen-bond donors (Lipinski definition) is 2. The Bertz CT molecular complexity index is 1150. The molecular weight excluding hydrogens is 584 g/mol. The van der Waals surface area contributed by atoms with Crippen LogP contribution >= 0.6 is 0 Å². The molecule has 0 radical (unpaired) electrons. The number of halogens is 1. The Labute approximate surface area is 244 Å². The number of fused-ring (bicyclic) bond motifs is 1. The molecule has 2 N–H and O–H groups in total. The maximum Gasteiger partial charge on any atom is -1.00 e. The van der Waals surface area contributed by atoms with E-state index in [1.54, 1.807) is 14.2 Å². The maximum atomic E-state index is 11.2. The Hall–Kier alpha value is -2.01. The maximum absolute atomic E-state index is 11.2. The van der Waals surface area contributed by atoms with Crippen molar-refractivity contribution in [1.82, 2.24) is 0 Å². The number of phenols is 2. The molecule has 208 valence electrons. The van der Waals surface area contributed by atoms with Gasteiger partial charge in [-0.15, -0.1) is 0 Å². The zero-order valence-electron chi connectivity index (χ0n) is 23.8. The number of benzene rings is 2. The molecule has 0 bridgehead atoms. The summed E-state index contributed by atoms with van der Waals surface area (Å²) in [4.78, 5) is 0. The fourth-order valence-corrected chi connectivity index (χ4v) is 7.25. The van der Waals surface area contributed by atoms with Crippen LogP contribution in [0.15, 0.2) is 24.3 Å². The van der Waals surface area contributed by atoms with Crippen molar-refractivity contribution in [2.45, 2.75) is 90.1 Å². The second-order valence-corrected chi connectivity index (χ2v) is 13.8. The van der Waals surface area contributed by atoms with E-state index >= 15 is 0 Å². The van der Waals surface area contributed by atoms with Gasteiger partial charge in [0.1, 0.15) is 0 Å². The van der Waals surface area contributed by atoms with Crippen molar-refractivity contribution < 1.29 is 59.4 Å². The van der Waals surface area contributed by atoms with Gasteiger partial charge >= 0.3 is 229 Å². The fraction of sp³-hybridized carbons (Fsp3) is 0.533. The molecule has 0 aromatic heterocycles. The average molecular weight is 627 g/mol. The predicted molar refractivity (Wildman–Crippen MR) is 144 cm³/mol. The average Bonchev–Trinajstić information content (AvgIpc) is 3.17. The molecule has 0 amide bonds. The van der Waals surface area contributed by atoms with Crippen LogP contribution in [0.2, 0.25) is 0 Å². The molecule has 1 aliphatic heterocycles. The van der Waals surface area contributed by atoms with Crippen molar-refractivity contribution in [3.63, 3.8) is 0 Å². The molecule has 1 saturated carbocycles. The Balaban J connectivity index is 0.00000400. The van der Waals surface area contributed by atoms with Crippen LogP contribution in [0.5, 0.6) is 23.0 Å². The van der Waals surface area contributed by atoms with Crippen LogP contribution in [-0.2, 0) is 26.5 Å². The van der Waals surface area contributed by atoms with Crippen LogP contribution in [0.4, 0.5) is 0 Å². The van der Waals surface area contributed by atoms with Crippen LogP contribution in [0, 0.1) is 0 Å². The van der Waals surface area contributed by atoms with E-state index in [1.807, 2.05) is 24.3 Å². The molecule has 2 fully saturated rings. The summed E-state index contributed by atoms with van der Waals surface area (Å²) >= 11 is -0.0332. The molecule has 2 aromatic rings. The van der Waals surface area contributed by atoms with Crippen LogP contribution in [0.25, 0.3) is 0 Å². The van der Waals surface area contributed by atoms with Crippen LogP contribution < -0.4 is 26.5 Å². The van der Waals surface area contributed by atoms with Gasteiger partial charge in [0, 0.05) is 0 Å². The van der Waals surface area contributed by atoms with Gasteiger partial charge in [-0.1, -0.05) is 0 Å². The summed E-state index contributed by atoms with van der Waals surface area (Å²) in [6.45, 7) is 12.6. The number of methoxy groups -OCH3 is 2. The Kier molecular flexibility index (Phi) is 9.34. The largest absolute Gasteiger partial charge is 1.00 e. The Morgan fingerprint density at radius 2 is 1.11 bits per heavy atom. The van der Waals surface area contributed by atoms with Crippen molar-refractivity contribution in [2.75, 3.05) is 14.2 Å². The number of ether oxygens (including phenoxy) is 2. The molecule has 0 spiro atoms. The van der Waals surface area contributed by atoms with Gasteiger partial charge in [0.25, 0.3) is 0 Å². The number of nitrogens with zero attached hydrogens (tertiary/aromatic N) is 2. The summed E-state index contributed by atoms with van der Waals surface area (Å²) < 4.78 is 16.0. The van der Waals surface area contributed by atoms with Crippen LogP contribution in [0.3, 0.4) is 0 Å². The van der Waals surface area contributed by atoms with Gasteiger partial charge in [-0.25, -0.2) is 0 Å². The second-order valence-electron chi connectivity index (χ2n) is 12.2. The van der Waals surface area contributed by atoms with Gasteiger partial charge < -0.3 is 17.0 Å². The van der Waals surface area contributed by atoms with E-state index in [4.69, 9.17) is 9.47 Å². The molecule has 1 heterocycles. The normalized spacial score (nSPS) is 21.8. The van der Waals surface area contributed by atoms with Crippen molar-refractivity contribution in [3.8, 4) is 23.0 Å².